The second-order valence-electron chi connectivity index (χ2n) is 10.2. The smallest absolute Gasteiger partial charge is 0.265 e. The topological polar surface area (TPSA) is 124 Å². The number of hydrogen-bond acceptors (Lipinski definition) is 8. The molecule has 0 aliphatic carbocycles. The third kappa shape index (κ3) is 8.52. The minimum atomic E-state index is -4.45. The molecule has 0 saturated carbocycles. The Labute approximate surface area is 270 Å². The maximum Gasteiger partial charge on any atom is 0.265 e. The quantitative estimate of drug-likeness (QED) is 0.244. The first-order valence-corrected chi connectivity index (χ1v) is 16.0. The van der Waals surface area contributed by atoms with Crippen LogP contribution in [0.15, 0.2) is 65.6 Å². The lowest BCUT2D eigenvalue weighted by molar-refractivity contribution is -0.139. The first-order chi connectivity index (χ1) is 21.4. The van der Waals surface area contributed by atoms with Gasteiger partial charge in [-0.15, -0.1) is 0 Å². The van der Waals surface area contributed by atoms with Gasteiger partial charge in [0.25, 0.3) is 10.0 Å². The molecule has 1 N–H and O–H groups in total. The Hall–Kier alpha value is -4.16. The number of benzene rings is 3. The fourth-order valence-electron chi connectivity index (χ4n) is 4.45. The van der Waals surface area contributed by atoms with Crippen LogP contribution in [-0.2, 0) is 26.2 Å². The third-order valence-corrected chi connectivity index (χ3v) is 9.30. The number of halogens is 1. The largest absolute Gasteiger partial charge is 0.497 e. The third-order valence-electron chi connectivity index (χ3n) is 7.31. The lowest BCUT2D eigenvalue weighted by atomic mass is 10.1. The average molecular weight is 662 g/mol. The number of nitrogens with zero attached hydrogens (tertiary/aromatic N) is 2. The molecule has 0 bridgehead atoms. The van der Waals surface area contributed by atoms with Crippen LogP contribution >= 0.6 is 11.6 Å². The van der Waals surface area contributed by atoms with Crippen molar-refractivity contribution in [3.05, 3.63) is 71.2 Å². The standard InChI is InChI=1S/C32H40ClN3O8S/c1-8-21(2)34-32(38)22(3)35(19-23-9-12-25(41-4)13-10-23)31(37)20-36(27-17-24(33)11-15-28(27)42-5)45(39,40)26-14-16-29(43-6)30(18-26)44-7/h9-18,21-22H,8,19-20H2,1-7H3,(H,34,38)/t21-,22+/m0/s1. The maximum absolute atomic E-state index is 14.3. The summed E-state index contributed by atoms with van der Waals surface area (Å²) in [5.74, 6) is 0.287. The first kappa shape index (κ1) is 35.3. The zero-order valence-electron chi connectivity index (χ0n) is 26.5. The molecule has 0 saturated heterocycles. The van der Waals surface area contributed by atoms with E-state index in [1.165, 1.54) is 56.6 Å². The van der Waals surface area contributed by atoms with Crippen LogP contribution < -0.4 is 28.6 Å². The number of carbonyl (C=O) groups is 2. The normalized spacial score (nSPS) is 12.4. The van der Waals surface area contributed by atoms with Gasteiger partial charge in [0.1, 0.15) is 24.1 Å². The van der Waals surface area contributed by atoms with E-state index < -0.39 is 28.5 Å². The highest BCUT2D eigenvalue weighted by Crippen LogP contribution is 2.37. The minimum absolute atomic E-state index is 0.0227. The summed E-state index contributed by atoms with van der Waals surface area (Å²) in [5, 5.41) is 3.14. The van der Waals surface area contributed by atoms with Crippen LogP contribution in [0.25, 0.3) is 0 Å². The van der Waals surface area contributed by atoms with E-state index in [0.717, 1.165) is 4.31 Å². The van der Waals surface area contributed by atoms with Gasteiger partial charge in [0.05, 0.1) is 39.0 Å². The Bertz CT molecular complexity index is 1580. The van der Waals surface area contributed by atoms with Crippen molar-refractivity contribution >= 4 is 39.1 Å². The number of rotatable bonds is 15. The summed E-state index contributed by atoms with van der Waals surface area (Å²) >= 11 is 6.31. The Morgan fingerprint density at radius 1 is 0.844 bits per heavy atom. The number of methoxy groups -OCH3 is 4. The Balaban J connectivity index is 2.14. The zero-order chi connectivity index (χ0) is 33.3. The van der Waals surface area contributed by atoms with Gasteiger partial charge in [-0.2, -0.15) is 0 Å². The number of anilines is 1. The Kier molecular flexibility index (Phi) is 12.3. The summed E-state index contributed by atoms with van der Waals surface area (Å²) in [6.45, 7) is 4.75. The first-order valence-electron chi connectivity index (χ1n) is 14.2. The molecule has 3 aromatic rings. The molecule has 2 atom stereocenters. The lowest BCUT2D eigenvalue weighted by Crippen LogP contribution is -2.52. The van der Waals surface area contributed by atoms with Gasteiger partial charge >= 0.3 is 0 Å². The molecule has 11 nitrogen and oxygen atoms in total. The van der Waals surface area contributed by atoms with Crippen molar-refractivity contribution in [3.63, 3.8) is 0 Å². The number of hydrogen-bond donors (Lipinski definition) is 1. The van der Waals surface area contributed by atoms with E-state index in [0.29, 0.717) is 23.5 Å². The number of sulfonamides is 1. The second-order valence-corrected chi connectivity index (χ2v) is 12.5. The predicted octanol–water partition coefficient (Wildman–Crippen LogP) is 4.90. The van der Waals surface area contributed by atoms with Crippen LogP contribution in [0.5, 0.6) is 23.0 Å². The molecule has 0 heterocycles. The van der Waals surface area contributed by atoms with Gasteiger partial charge in [0, 0.05) is 23.7 Å². The van der Waals surface area contributed by atoms with Gasteiger partial charge in [-0.25, -0.2) is 8.42 Å². The van der Waals surface area contributed by atoms with E-state index in [-0.39, 0.29) is 45.6 Å². The molecule has 45 heavy (non-hydrogen) atoms. The minimum Gasteiger partial charge on any atom is -0.497 e. The van der Waals surface area contributed by atoms with Crippen molar-refractivity contribution in [2.45, 2.75) is 50.7 Å². The lowest BCUT2D eigenvalue weighted by Gasteiger charge is -2.33. The number of ether oxygens (including phenoxy) is 4. The van der Waals surface area contributed by atoms with E-state index in [2.05, 4.69) is 5.32 Å². The fraction of sp³-hybridized carbons (Fsp3) is 0.375. The molecule has 0 radical (unpaired) electrons. The second kappa shape index (κ2) is 15.7. The maximum atomic E-state index is 14.3. The van der Waals surface area contributed by atoms with Gasteiger partial charge in [-0.1, -0.05) is 30.7 Å². The van der Waals surface area contributed by atoms with Crippen molar-refractivity contribution in [2.75, 3.05) is 39.3 Å². The van der Waals surface area contributed by atoms with Crippen LogP contribution in [-0.4, -0.2) is 72.2 Å². The molecule has 3 aromatic carbocycles. The zero-order valence-corrected chi connectivity index (χ0v) is 28.1. The van der Waals surface area contributed by atoms with Crippen molar-refractivity contribution in [1.29, 1.82) is 0 Å². The summed E-state index contributed by atoms with van der Waals surface area (Å²) in [6, 6.07) is 14.5. The molecule has 13 heteroatoms. The van der Waals surface area contributed by atoms with E-state index in [1.807, 2.05) is 13.8 Å². The molecule has 0 fully saturated rings. The molecule has 0 aliphatic heterocycles. The summed E-state index contributed by atoms with van der Waals surface area (Å²) in [5.41, 5.74) is 0.746. The monoisotopic (exact) mass is 661 g/mol. The van der Waals surface area contributed by atoms with Gasteiger partial charge in [-0.3, -0.25) is 13.9 Å². The summed E-state index contributed by atoms with van der Waals surface area (Å²) in [6.07, 6.45) is 0.691. The molecule has 244 valence electrons. The van der Waals surface area contributed by atoms with Crippen molar-refractivity contribution in [3.8, 4) is 23.0 Å². The van der Waals surface area contributed by atoms with Crippen LogP contribution in [0.1, 0.15) is 32.8 Å². The molecule has 2 amide bonds. The van der Waals surface area contributed by atoms with Crippen molar-refractivity contribution < 1.29 is 37.0 Å². The Morgan fingerprint density at radius 3 is 2.04 bits per heavy atom. The van der Waals surface area contributed by atoms with E-state index >= 15 is 0 Å². The SMILES string of the molecule is CC[C@H](C)NC(=O)[C@@H](C)N(Cc1ccc(OC)cc1)C(=O)CN(c1cc(Cl)ccc1OC)S(=O)(=O)c1ccc(OC)c(OC)c1. The van der Waals surface area contributed by atoms with Gasteiger partial charge < -0.3 is 29.2 Å². The van der Waals surface area contributed by atoms with E-state index in [4.69, 9.17) is 30.5 Å². The van der Waals surface area contributed by atoms with Crippen LogP contribution in [0.4, 0.5) is 5.69 Å². The van der Waals surface area contributed by atoms with Crippen LogP contribution in [0.2, 0.25) is 5.02 Å². The number of amides is 2. The molecule has 0 aromatic heterocycles. The highest BCUT2D eigenvalue weighted by molar-refractivity contribution is 7.92. The summed E-state index contributed by atoms with van der Waals surface area (Å²) < 4.78 is 50.9. The number of nitrogens with one attached hydrogen (secondary N) is 1. The molecular formula is C32H40ClN3O8S. The molecule has 0 spiro atoms. The highest BCUT2D eigenvalue weighted by Gasteiger charge is 2.34. The van der Waals surface area contributed by atoms with E-state index in [1.54, 1.807) is 44.4 Å². The van der Waals surface area contributed by atoms with Gasteiger partial charge in [0.15, 0.2) is 11.5 Å². The van der Waals surface area contributed by atoms with E-state index in [9.17, 15) is 18.0 Å². The van der Waals surface area contributed by atoms with Gasteiger partial charge in [-0.05, 0) is 68.3 Å². The van der Waals surface area contributed by atoms with Gasteiger partial charge in [0.2, 0.25) is 11.8 Å². The predicted molar refractivity (Wildman–Crippen MR) is 173 cm³/mol. The average Bonchev–Trinajstić information content (AvgIpc) is 3.05. The van der Waals surface area contributed by atoms with Crippen molar-refractivity contribution in [1.82, 2.24) is 10.2 Å². The van der Waals surface area contributed by atoms with Crippen LogP contribution in [0.3, 0.4) is 0 Å². The van der Waals surface area contributed by atoms with Crippen molar-refractivity contribution in [2.24, 2.45) is 0 Å². The summed E-state index contributed by atoms with van der Waals surface area (Å²) in [7, 11) is 1.30. The molecule has 0 aliphatic rings. The molecular weight excluding hydrogens is 622 g/mol. The highest BCUT2D eigenvalue weighted by atomic mass is 35.5. The molecule has 0 unspecified atom stereocenters. The summed E-state index contributed by atoms with van der Waals surface area (Å²) in [4.78, 5) is 28.7. The number of carbonyl (C=O) groups excluding carboxylic acids is 2. The fourth-order valence-corrected chi connectivity index (χ4v) is 6.05. The Morgan fingerprint density at radius 2 is 1.47 bits per heavy atom. The van der Waals surface area contributed by atoms with Crippen LogP contribution in [0, 0.1) is 0 Å². The molecule has 3 rings (SSSR count).